The van der Waals surface area contributed by atoms with Gasteiger partial charge in [-0.05, 0) is 42.9 Å². The van der Waals surface area contributed by atoms with Crippen LogP contribution in [0.3, 0.4) is 0 Å². The zero-order chi connectivity index (χ0) is 20.9. The second-order valence-corrected chi connectivity index (χ2v) is 8.55. The SMILES string of the molecule is CC(C)C(NC(=O)c1ccc(C(C)(C)C)cc1)C(=O)N(CC(N)=O)C(C)C. The number of amides is 3. The van der Waals surface area contributed by atoms with Crippen molar-refractivity contribution in [3.8, 4) is 0 Å². The Balaban J connectivity index is 3.00. The first-order chi connectivity index (χ1) is 12.3. The van der Waals surface area contributed by atoms with Crippen molar-refractivity contribution >= 4 is 17.7 Å². The number of nitrogens with two attached hydrogens (primary N) is 1. The average Bonchev–Trinajstić information content (AvgIpc) is 2.55. The number of benzene rings is 1. The van der Waals surface area contributed by atoms with Gasteiger partial charge in [-0.1, -0.05) is 46.8 Å². The summed E-state index contributed by atoms with van der Waals surface area (Å²) in [5.41, 5.74) is 6.89. The lowest BCUT2D eigenvalue weighted by Gasteiger charge is -2.31. The van der Waals surface area contributed by atoms with Gasteiger partial charge in [-0.3, -0.25) is 14.4 Å². The van der Waals surface area contributed by atoms with Gasteiger partial charge in [-0.25, -0.2) is 0 Å². The van der Waals surface area contributed by atoms with Crippen LogP contribution in [0.1, 0.15) is 64.4 Å². The summed E-state index contributed by atoms with van der Waals surface area (Å²) in [6, 6.07) is 6.45. The molecule has 0 heterocycles. The van der Waals surface area contributed by atoms with Crippen molar-refractivity contribution in [2.24, 2.45) is 11.7 Å². The molecule has 0 aliphatic rings. The molecule has 0 saturated carbocycles. The van der Waals surface area contributed by atoms with Crippen molar-refractivity contribution in [1.29, 1.82) is 0 Å². The van der Waals surface area contributed by atoms with Crippen LogP contribution in [-0.2, 0) is 15.0 Å². The molecule has 0 aliphatic heterocycles. The molecular formula is C21H33N3O3. The molecule has 6 heteroatoms. The summed E-state index contributed by atoms with van der Waals surface area (Å²) in [5, 5.41) is 2.82. The Labute approximate surface area is 162 Å². The molecule has 0 saturated heterocycles. The van der Waals surface area contributed by atoms with E-state index in [9.17, 15) is 14.4 Å². The molecule has 3 amide bonds. The highest BCUT2D eigenvalue weighted by Crippen LogP contribution is 2.22. The molecule has 1 aromatic rings. The number of hydrogen-bond acceptors (Lipinski definition) is 3. The van der Waals surface area contributed by atoms with Crippen molar-refractivity contribution in [2.75, 3.05) is 6.54 Å². The monoisotopic (exact) mass is 375 g/mol. The van der Waals surface area contributed by atoms with E-state index in [0.29, 0.717) is 5.56 Å². The van der Waals surface area contributed by atoms with Crippen LogP contribution in [0.5, 0.6) is 0 Å². The van der Waals surface area contributed by atoms with Crippen molar-refractivity contribution < 1.29 is 14.4 Å². The minimum Gasteiger partial charge on any atom is -0.368 e. The van der Waals surface area contributed by atoms with Gasteiger partial charge in [0.15, 0.2) is 0 Å². The smallest absolute Gasteiger partial charge is 0.251 e. The summed E-state index contributed by atoms with van der Waals surface area (Å²) >= 11 is 0. The molecule has 0 fully saturated rings. The molecule has 1 unspecified atom stereocenters. The topological polar surface area (TPSA) is 92.5 Å². The molecule has 1 aromatic carbocycles. The van der Waals surface area contributed by atoms with Gasteiger partial charge in [0.2, 0.25) is 11.8 Å². The van der Waals surface area contributed by atoms with Gasteiger partial charge in [0.25, 0.3) is 5.91 Å². The standard InChI is InChI=1S/C21H33N3O3/c1-13(2)18(20(27)24(14(3)4)12-17(22)25)23-19(26)15-8-10-16(11-9-15)21(5,6)7/h8-11,13-14,18H,12H2,1-7H3,(H2,22,25)(H,23,26). The Morgan fingerprint density at radius 3 is 1.93 bits per heavy atom. The van der Waals surface area contributed by atoms with Gasteiger partial charge >= 0.3 is 0 Å². The molecular weight excluding hydrogens is 342 g/mol. The van der Waals surface area contributed by atoms with Gasteiger partial charge < -0.3 is 16.0 Å². The third kappa shape index (κ3) is 6.38. The van der Waals surface area contributed by atoms with Gasteiger partial charge in [-0.15, -0.1) is 0 Å². The molecule has 27 heavy (non-hydrogen) atoms. The molecule has 1 atom stereocenters. The summed E-state index contributed by atoms with van der Waals surface area (Å²) in [6.07, 6.45) is 0. The normalized spacial score (nSPS) is 12.8. The zero-order valence-corrected chi connectivity index (χ0v) is 17.5. The van der Waals surface area contributed by atoms with Crippen LogP contribution in [0.4, 0.5) is 0 Å². The fourth-order valence-electron chi connectivity index (χ4n) is 2.72. The number of nitrogens with zero attached hydrogens (tertiary/aromatic N) is 1. The summed E-state index contributed by atoms with van der Waals surface area (Å²) in [5.74, 6) is -1.34. The first-order valence-electron chi connectivity index (χ1n) is 9.34. The summed E-state index contributed by atoms with van der Waals surface area (Å²) in [7, 11) is 0. The predicted molar refractivity (Wildman–Crippen MR) is 107 cm³/mol. The van der Waals surface area contributed by atoms with E-state index in [1.807, 2.05) is 39.8 Å². The summed E-state index contributed by atoms with van der Waals surface area (Å²) in [6.45, 7) is 13.5. The molecule has 0 bridgehead atoms. The Bertz CT molecular complexity index is 673. The van der Waals surface area contributed by atoms with Gasteiger partial charge in [-0.2, -0.15) is 0 Å². The number of rotatable bonds is 7. The Hall–Kier alpha value is -2.37. The maximum Gasteiger partial charge on any atom is 0.251 e. The molecule has 3 N–H and O–H groups in total. The average molecular weight is 376 g/mol. The minimum absolute atomic E-state index is 0.00202. The van der Waals surface area contributed by atoms with E-state index in [-0.39, 0.29) is 35.7 Å². The van der Waals surface area contributed by atoms with Crippen molar-refractivity contribution in [1.82, 2.24) is 10.2 Å². The van der Waals surface area contributed by atoms with Gasteiger partial charge in [0, 0.05) is 11.6 Å². The molecule has 6 nitrogen and oxygen atoms in total. The highest BCUT2D eigenvalue weighted by atomic mass is 16.2. The van der Waals surface area contributed by atoms with E-state index in [2.05, 4.69) is 26.1 Å². The third-order valence-electron chi connectivity index (χ3n) is 4.47. The maximum absolute atomic E-state index is 12.9. The van der Waals surface area contributed by atoms with Crippen LogP contribution in [0.25, 0.3) is 0 Å². The highest BCUT2D eigenvalue weighted by molar-refractivity contribution is 5.98. The van der Waals surface area contributed by atoms with E-state index in [1.54, 1.807) is 12.1 Å². The number of carbonyl (C=O) groups is 3. The first-order valence-corrected chi connectivity index (χ1v) is 9.34. The van der Waals surface area contributed by atoms with Crippen molar-refractivity contribution in [2.45, 2.75) is 66.0 Å². The lowest BCUT2D eigenvalue weighted by Crippen LogP contribution is -2.54. The fraction of sp³-hybridized carbons (Fsp3) is 0.571. The molecule has 150 valence electrons. The summed E-state index contributed by atoms with van der Waals surface area (Å²) < 4.78 is 0. The van der Waals surface area contributed by atoms with Crippen molar-refractivity contribution in [3.05, 3.63) is 35.4 Å². The Morgan fingerprint density at radius 2 is 1.56 bits per heavy atom. The third-order valence-corrected chi connectivity index (χ3v) is 4.47. The van der Waals surface area contributed by atoms with Gasteiger partial charge in [0.1, 0.15) is 6.04 Å². The van der Waals surface area contributed by atoms with E-state index >= 15 is 0 Å². The van der Waals surface area contributed by atoms with Crippen LogP contribution < -0.4 is 11.1 Å². The fourth-order valence-corrected chi connectivity index (χ4v) is 2.72. The van der Waals surface area contributed by atoms with E-state index in [0.717, 1.165) is 5.56 Å². The van der Waals surface area contributed by atoms with Crippen LogP contribution in [0.15, 0.2) is 24.3 Å². The predicted octanol–water partition coefficient (Wildman–Crippen LogP) is 2.46. The number of carbonyl (C=O) groups excluding carboxylic acids is 3. The number of hydrogen-bond donors (Lipinski definition) is 2. The Morgan fingerprint density at radius 1 is 1.04 bits per heavy atom. The van der Waals surface area contributed by atoms with Crippen LogP contribution in [-0.4, -0.2) is 41.2 Å². The van der Waals surface area contributed by atoms with Crippen LogP contribution in [0.2, 0.25) is 0 Å². The number of nitrogens with one attached hydrogen (secondary N) is 1. The lowest BCUT2D eigenvalue weighted by atomic mass is 9.86. The quantitative estimate of drug-likeness (QED) is 0.767. The summed E-state index contributed by atoms with van der Waals surface area (Å²) in [4.78, 5) is 38.3. The second kappa shape index (κ2) is 9.02. The van der Waals surface area contributed by atoms with E-state index in [4.69, 9.17) is 5.73 Å². The Kier molecular flexibility index (Phi) is 7.57. The van der Waals surface area contributed by atoms with Crippen LogP contribution in [0, 0.1) is 5.92 Å². The zero-order valence-electron chi connectivity index (χ0n) is 17.5. The minimum atomic E-state index is -0.735. The van der Waals surface area contributed by atoms with Gasteiger partial charge in [0.05, 0.1) is 6.54 Å². The first kappa shape index (κ1) is 22.7. The largest absolute Gasteiger partial charge is 0.368 e. The molecule has 0 spiro atoms. The second-order valence-electron chi connectivity index (χ2n) is 8.55. The maximum atomic E-state index is 12.9. The van der Waals surface area contributed by atoms with E-state index < -0.39 is 11.9 Å². The van der Waals surface area contributed by atoms with Crippen LogP contribution >= 0.6 is 0 Å². The number of primary amides is 1. The molecule has 1 rings (SSSR count). The lowest BCUT2D eigenvalue weighted by molar-refractivity contribution is -0.139. The van der Waals surface area contributed by atoms with Crippen molar-refractivity contribution in [3.63, 3.8) is 0 Å². The van der Waals surface area contributed by atoms with E-state index in [1.165, 1.54) is 4.90 Å². The molecule has 0 radical (unpaired) electrons. The highest BCUT2D eigenvalue weighted by Gasteiger charge is 2.31. The molecule has 0 aromatic heterocycles. The molecule has 0 aliphatic carbocycles.